The Hall–Kier alpha value is -1.82. The average molecular weight is 565 g/mol. The Balaban J connectivity index is 3.69. The molecule has 0 saturated carbocycles. The van der Waals surface area contributed by atoms with Gasteiger partial charge in [-0.1, -0.05) is 121 Å². The normalized spacial score (nSPS) is 19.7. The van der Waals surface area contributed by atoms with Crippen molar-refractivity contribution in [3.8, 4) is 0 Å². The maximum absolute atomic E-state index is 13.0. The summed E-state index contributed by atoms with van der Waals surface area (Å²) in [7, 11) is 0. The molecule has 1 aliphatic rings. The number of aliphatic hydroxyl groups excluding tert-OH is 1. The van der Waals surface area contributed by atoms with Crippen molar-refractivity contribution < 1.29 is 29.3 Å². The van der Waals surface area contributed by atoms with Gasteiger partial charge < -0.3 is 19.7 Å². The van der Waals surface area contributed by atoms with Gasteiger partial charge in [0, 0.05) is 12.5 Å². The van der Waals surface area contributed by atoms with Crippen molar-refractivity contribution in [2.45, 2.75) is 147 Å². The van der Waals surface area contributed by atoms with Gasteiger partial charge in [0.05, 0.1) is 0 Å². The lowest BCUT2D eigenvalue weighted by molar-refractivity contribution is -0.178. The second kappa shape index (κ2) is 14.4. The van der Waals surface area contributed by atoms with Crippen LogP contribution in [0.25, 0.3) is 0 Å². The highest BCUT2D eigenvalue weighted by molar-refractivity contribution is 5.90. The number of unbranched alkanes of at least 4 members (excludes halogenated alkanes) is 5. The van der Waals surface area contributed by atoms with E-state index in [1.54, 1.807) is 0 Å². The van der Waals surface area contributed by atoms with Gasteiger partial charge in [-0.2, -0.15) is 0 Å². The molecule has 1 rings (SSSR count). The Morgan fingerprint density at radius 1 is 0.925 bits per heavy atom. The monoisotopic (exact) mass is 564 g/mol. The fraction of sp³-hybridized carbons (Fsp3) is 0.824. The number of aliphatic carboxylic acids is 1. The number of allylic oxidation sites excluding steroid dienone is 2. The van der Waals surface area contributed by atoms with Crippen LogP contribution in [0.3, 0.4) is 0 Å². The lowest BCUT2D eigenvalue weighted by Crippen LogP contribution is -2.53. The van der Waals surface area contributed by atoms with E-state index in [2.05, 4.69) is 89.2 Å². The van der Waals surface area contributed by atoms with Gasteiger partial charge in [0.25, 0.3) is 0 Å². The second-order valence-electron chi connectivity index (χ2n) is 15.0. The first-order chi connectivity index (χ1) is 18.2. The summed E-state index contributed by atoms with van der Waals surface area (Å²) in [4.78, 5) is 24.5. The molecule has 0 bridgehead atoms. The quantitative estimate of drug-likeness (QED) is 0.117. The minimum Gasteiger partial charge on any atom is -0.508 e. The molecular formula is C34H60O6. The number of carbonyl (C=O) groups is 2. The first-order valence-corrected chi connectivity index (χ1v) is 15.4. The van der Waals surface area contributed by atoms with E-state index < -0.39 is 36.0 Å². The Bertz CT molecular complexity index is 910. The third-order valence-corrected chi connectivity index (χ3v) is 8.57. The molecule has 0 aromatic rings. The van der Waals surface area contributed by atoms with E-state index in [9.17, 15) is 19.8 Å². The van der Waals surface area contributed by atoms with Crippen LogP contribution >= 0.6 is 0 Å². The molecule has 0 saturated heterocycles. The predicted molar refractivity (Wildman–Crippen MR) is 163 cm³/mol. The van der Waals surface area contributed by atoms with Crippen molar-refractivity contribution in [3.05, 3.63) is 23.0 Å². The van der Waals surface area contributed by atoms with E-state index in [1.165, 1.54) is 25.7 Å². The average Bonchev–Trinajstić information content (AvgIpc) is 2.77. The number of aliphatic hydroxyl groups is 1. The van der Waals surface area contributed by atoms with Crippen molar-refractivity contribution in [2.75, 3.05) is 6.61 Å². The number of carbonyl (C=O) groups excluding carboxylic acids is 1. The summed E-state index contributed by atoms with van der Waals surface area (Å²) in [6.45, 7) is 25.8. The molecule has 1 aliphatic carbocycles. The van der Waals surface area contributed by atoms with E-state index in [1.807, 2.05) is 0 Å². The molecule has 2 N–H and O–H groups in total. The van der Waals surface area contributed by atoms with Gasteiger partial charge in [0.2, 0.25) is 0 Å². The first kappa shape index (κ1) is 36.2. The largest absolute Gasteiger partial charge is 0.508 e. The van der Waals surface area contributed by atoms with Gasteiger partial charge in [0.1, 0.15) is 24.4 Å². The summed E-state index contributed by atoms with van der Waals surface area (Å²) in [6, 6.07) is 0. The van der Waals surface area contributed by atoms with Gasteiger partial charge in [-0.25, -0.2) is 0 Å². The highest BCUT2D eigenvalue weighted by Gasteiger charge is 2.52. The summed E-state index contributed by atoms with van der Waals surface area (Å²) in [5, 5.41) is 21.0. The number of carboxylic acid groups (broad SMARTS) is 1. The van der Waals surface area contributed by atoms with Crippen molar-refractivity contribution in [3.63, 3.8) is 0 Å². The van der Waals surface area contributed by atoms with Crippen LogP contribution in [0.4, 0.5) is 0 Å². The zero-order chi connectivity index (χ0) is 31.1. The molecule has 0 aromatic carbocycles. The highest BCUT2D eigenvalue weighted by atomic mass is 16.6. The van der Waals surface area contributed by atoms with Crippen molar-refractivity contribution >= 4 is 11.9 Å². The highest BCUT2D eigenvalue weighted by Crippen LogP contribution is 2.55. The van der Waals surface area contributed by atoms with Crippen LogP contribution < -0.4 is 0 Å². The molecule has 0 aromatic heterocycles. The number of esters is 1. The zero-order valence-corrected chi connectivity index (χ0v) is 27.7. The molecular weight excluding hydrogens is 504 g/mol. The fourth-order valence-electron chi connectivity index (χ4n) is 6.21. The van der Waals surface area contributed by atoms with E-state index in [-0.39, 0.29) is 22.2 Å². The summed E-state index contributed by atoms with van der Waals surface area (Å²) in [6.07, 6.45) is 7.78. The van der Waals surface area contributed by atoms with Gasteiger partial charge in [0.15, 0.2) is 0 Å². The number of rotatable bonds is 15. The van der Waals surface area contributed by atoms with Crippen LogP contribution in [0.1, 0.15) is 134 Å². The molecule has 0 radical (unpaired) electrons. The lowest BCUT2D eigenvalue weighted by Gasteiger charge is -2.51. The molecule has 6 heteroatoms. The number of ether oxygens (including phenoxy) is 2. The number of hydrogen-bond acceptors (Lipinski definition) is 5. The third kappa shape index (κ3) is 9.63. The summed E-state index contributed by atoms with van der Waals surface area (Å²) >= 11 is 0. The van der Waals surface area contributed by atoms with E-state index in [0.717, 1.165) is 30.4 Å². The van der Waals surface area contributed by atoms with E-state index in [4.69, 9.17) is 9.47 Å². The third-order valence-electron chi connectivity index (χ3n) is 8.57. The molecule has 6 nitrogen and oxygen atoms in total. The minimum atomic E-state index is -1.22. The maximum atomic E-state index is 13.0. The van der Waals surface area contributed by atoms with Crippen molar-refractivity contribution in [1.29, 1.82) is 0 Å². The SMILES string of the molecule is CCCCCCCCOC(C(OC(=O)CC(=O)O)C1C=C(C(C)(C)C)C(O)=C(C(C)(C)C)C1(C)C)C(C)(C)CC. The summed E-state index contributed by atoms with van der Waals surface area (Å²) in [5.41, 5.74) is 0.0386. The van der Waals surface area contributed by atoms with Crippen LogP contribution in [0.15, 0.2) is 23.0 Å². The van der Waals surface area contributed by atoms with E-state index in [0.29, 0.717) is 12.4 Å². The summed E-state index contributed by atoms with van der Waals surface area (Å²) < 4.78 is 12.8. The lowest BCUT2D eigenvalue weighted by atomic mass is 9.56. The van der Waals surface area contributed by atoms with Crippen LogP contribution in [0.5, 0.6) is 0 Å². The van der Waals surface area contributed by atoms with Gasteiger partial charge in [-0.3, -0.25) is 9.59 Å². The first-order valence-electron chi connectivity index (χ1n) is 15.4. The molecule has 0 fully saturated rings. The number of carboxylic acids is 1. The topological polar surface area (TPSA) is 93.1 Å². The van der Waals surface area contributed by atoms with Gasteiger partial charge in [-0.05, 0) is 45.6 Å². The smallest absolute Gasteiger partial charge is 0.317 e. The Labute approximate surface area is 245 Å². The van der Waals surface area contributed by atoms with Crippen LogP contribution in [-0.4, -0.2) is 41.0 Å². The van der Waals surface area contributed by atoms with Crippen LogP contribution in [-0.2, 0) is 19.1 Å². The maximum Gasteiger partial charge on any atom is 0.317 e. The van der Waals surface area contributed by atoms with Crippen LogP contribution in [0.2, 0.25) is 0 Å². The molecule has 0 heterocycles. The molecule has 40 heavy (non-hydrogen) atoms. The molecule has 0 aliphatic heterocycles. The Kier molecular flexibility index (Phi) is 13.0. The summed E-state index contributed by atoms with van der Waals surface area (Å²) in [5.74, 6) is -2.03. The molecule has 0 spiro atoms. The molecule has 3 atom stereocenters. The minimum absolute atomic E-state index is 0.302. The molecule has 232 valence electrons. The standard InChI is InChI=1S/C34H60O6/c1-13-15-16-17-18-19-20-39-30(33(9,10)14-2)28(40-26(37)22-25(35)36)24-21-23(31(3,4)5)27(38)29(32(6,7)8)34(24,11)12/h21,24,28,30,38H,13-20,22H2,1-12H3,(H,35,36). The van der Waals surface area contributed by atoms with Gasteiger partial charge >= 0.3 is 11.9 Å². The molecule has 0 amide bonds. The van der Waals surface area contributed by atoms with Crippen LogP contribution in [0, 0.1) is 27.6 Å². The Morgan fingerprint density at radius 2 is 1.48 bits per heavy atom. The van der Waals surface area contributed by atoms with Gasteiger partial charge in [-0.15, -0.1) is 0 Å². The zero-order valence-electron chi connectivity index (χ0n) is 27.7. The predicted octanol–water partition coefficient (Wildman–Crippen LogP) is 9.04. The fourth-order valence-corrected chi connectivity index (χ4v) is 6.21. The van der Waals surface area contributed by atoms with Crippen molar-refractivity contribution in [1.82, 2.24) is 0 Å². The van der Waals surface area contributed by atoms with E-state index >= 15 is 0 Å². The van der Waals surface area contributed by atoms with Crippen molar-refractivity contribution in [2.24, 2.45) is 27.6 Å². The Morgan fingerprint density at radius 3 is 1.95 bits per heavy atom. The molecule has 3 unspecified atom stereocenters. The second-order valence-corrected chi connectivity index (χ2v) is 15.0. The number of hydrogen-bond donors (Lipinski definition) is 2.